The first kappa shape index (κ1) is 15.7. The Morgan fingerprint density at radius 2 is 2.19 bits per heavy atom. The molecule has 2 rings (SSSR count). The van der Waals surface area contributed by atoms with Crippen LogP contribution in [0.1, 0.15) is 33.4 Å². The summed E-state index contributed by atoms with van der Waals surface area (Å²) in [7, 11) is 0. The third-order valence-electron chi connectivity index (χ3n) is 3.41. The zero-order valence-corrected chi connectivity index (χ0v) is 13.2. The number of hydrogen-bond acceptors (Lipinski definition) is 5. The Hall–Kier alpha value is -1.69. The topological polar surface area (TPSA) is 58.6 Å². The number of carbonyl (C=O) groups excluding carboxylic acids is 1. The molecule has 0 saturated carbocycles. The summed E-state index contributed by atoms with van der Waals surface area (Å²) in [5.74, 6) is 0. The summed E-state index contributed by atoms with van der Waals surface area (Å²) in [6, 6.07) is 4.14. The van der Waals surface area contributed by atoms with E-state index >= 15 is 0 Å². The highest BCUT2D eigenvalue weighted by molar-refractivity contribution is 5.68. The highest BCUT2D eigenvalue weighted by atomic mass is 16.6. The van der Waals surface area contributed by atoms with Crippen molar-refractivity contribution in [2.24, 2.45) is 0 Å². The van der Waals surface area contributed by atoms with Crippen LogP contribution in [0.25, 0.3) is 0 Å². The van der Waals surface area contributed by atoms with Crippen molar-refractivity contribution in [1.82, 2.24) is 20.0 Å². The maximum absolute atomic E-state index is 12.1. The Morgan fingerprint density at radius 3 is 2.76 bits per heavy atom. The largest absolute Gasteiger partial charge is 0.444 e. The molecule has 2 heterocycles. The molecule has 1 aromatic heterocycles. The molecule has 1 aliphatic rings. The minimum atomic E-state index is -0.447. The second-order valence-corrected chi connectivity index (χ2v) is 6.46. The van der Waals surface area contributed by atoms with Crippen molar-refractivity contribution >= 4 is 6.09 Å². The Labute approximate surface area is 126 Å². The molecule has 21 heavy (non-hydrogen) atoms. The van der Waals surface area contributed by atoms with Crippen LogP contribution in [0.15, 0.2) is 18.3 Å². The first-order valence-electron chi connectivity index (χ1n) is 7.34. The molecular weight excluding hydrogens is 268 g/mol. The van der Waals surface area contributed by atoms with Gasteiger partial charge in [0.05, 0.1) is 5.69 Å². The van der Waals surface area contributed by atoms with E-state index in [1.54, 1.807) is 11.1 Å². The first-order chi connectivity index (χ1) is 9.85. The van der Waals surface area contributed by atoms with Crippen molar-refractivity contribution in [3.05, 3.63) is 24.0 Å². The number of hydrogen-bond donors (Lipinski definition) is 0. The summed E-state index contributed by atoms with van der Waals surface area (Å²) in [5, 5.41) is 8.01. The molecule has 0 aromatic carbocycles. The van der Waals surface area contributed by atoms with Crippen molar-refractivity contribution in [2.45, 2.75) is 45.9 Å². The molecule has 6 nitrogen and oxygen atoms in total. The van der Waals surface area contributed by atoms with Crippen LogP contribution in [0.2, 0.25) is 0 Å². The van der Waals surface area contributed by atoms with Crippen molar-refractivity contribution in [1.29, 1.82) is 0 Å². The molecule has 0 radical (unpaired) electrons. The van der Waals surface area contributed by atoms with Gasteiger partial charge in [-0.05, 0) is 39.8 Å². The molecule has 1 fully saturated rings. The van der Waals surface area contributed by atoms with Gasteiger partial charge in [0.15, 0.2) is 0 Å². The predicted molar refractivity (Wildman–Crippen MR) is 79.7 cm³/mol. The average Bonchev–Trinajstić information content (AvgIpc) is 2.40. The molecule has 0 bridgehead atoms. The molecule has 116 valence electrons. The normalized spacial score (nSPS) is 20.4. The maximum Gasteiger partial charge on any atom is 0.410 e. The van der Waals surface area contributed by atoms with Gasteiger partial charge in [0.25, 0.3) is 0 Å². The molecule has 0 spiro atoms. The molecule has 1 amide bonds. The van der Waals surface area contributed by atoms with E-state index in [9.17, 15) is 4.79 Å². The molecule has 0 N–H and O–H groups in total. The fourth-order valence-electron chi connectivity index (χ4n) is 2.35. The lowest BCUT2D eigenvalue weighted by molar-refractivity contribution is 0.00441. The maximum atomic E-state index is 12.1. The molecule has 6 heteroatoms. The highest BCUT2D eigenvalue weighted by Gasteiger charge is 2.29. The smallest absolute Gasteiger partial charge is 0.410 e. The first-order valence-corrected chi connectivity index (χ1v) is 7.34. The lowest BCUT2D eigenvalue weighted by atomic mass is 10.2. The van der Waals surface area contributed by atoms with Crippen LogP contribution in [-0.4, -0.2) is 57.4 Å². The van der Waals surface area contributed by atoms with E-state index in [-0.39, 0.29) is 12.1 Å². The number of carbonyl (C=O) groups is 1. The Bertz CT molecular complexity index is 472. The van der Waals surface area contributed by atoms with Gasteiger partial charge >= 0.3 is 6.09 Å². The van der Waals surface area contributed by atoms with Crippen LogP contribution < -0.4 is 0 Å². The van der Waals surface area contributed by atoms with Gasteiger partial charge in [-0.2, -0.15) is 10.2 Å². The van der Waals surface area contributed by atoms with Gasteiger partial charge in [0.1, 0.15) is 5.60 Å². The Balaban J connectivity index is 1.89. The van der Waals surface area contributed by atoms with Crippen LogP contribution in [0.5, 0.6) is 0 Å². The van der Waals surface area contributed by atoms with Gasteiger partial charge in [0.2, 0.25) is 0 Å². The lowest BCUT2D eigenvalue weighted by Crippen LogP contribution is -2.54. The van der Waals surface area contributed by atoms with Crippen molar-refractivity contribution in [3.63, 3.8) is 0 Å². The number of nitrogens with zero attached hydrogens (tertiary/aromatic N) is 4. The van der Waals surface area contributed by atoms with E-state index < -0.39 is 5.60 Å². The summed E-state index contributed by atoms with van der Waals surface area (Å²) >= 11 is 0. The number of rotatable bonds is 2. The fourth-order valence-corrected chi connectivity index (χ4v) is 2.35. The van der Waals surface area contributed by atoms with Gasteiger partial charge in [-0.1, -0.05) is 0 Å². The summed E-state index contributed by atoms with van der Waals surface area (Å²) < 4.78 is 5.43. The molecular formula is C15H24N4O2. The van der Waals surface area contributed by atoms with E-state index in [4.69, 9.17) is 4.74 Å². The quantitative estimate of drug-likeness (QED) is 0.833. The zero-order valence-electron chi connectivity index (χ0n) is 13.2. The summed E-state index contributed by atoms with van der Waals surface area (Å²) in [6.07, 6.45) is 1.45. The molecule has 0 unspecified atom stereocenters. The Kier molecular flexibility index (Phi) is 4.77. The van der Waals surface area contributed by atoms with E-state index in [1.807, 2.05) is 32.9 Å². The summed E-state index contributed by atoms with van der Waals surface area (Å²) in [4.78, 5) is 16.2. The number of aromatic nitrogens is 2. The predicted octanol–water partition coefficient (Wildman–Crippen LogP) is 1.92. The van der Waals surface area contributed by atoms with Crippen molar-refractivity contribution in [3.8, 4) is 0 Å². The fraction of sp³-hybridized carbons (Fsp3) is 0.667. The monoisotopic (exact) mass is 292 g/mol. The standard InChI is InChI=1S/C15H24N4O2/c1-12-10-19(14(20)21-15(2,3)4)9-8-18(12)11-13-6-5-7-16-17-13/h5-7,12H,8-11H2,1-4H3/t12-/m0/s1. The lowest BCUT2D eigenvalue weighted by Gasteiger charge is -2.39. The van der Waals surface area contributed by atoms with Gasteiger partial charge in [-0.25, -0.2) is 4.79 Å². The van der Waals surface area contributed by atoms with Gasteiger partial charge in [-0.15, -0.1) is 0 Å². The van der Waals surface area contributed by atoms with Crippen molar-refractivity contribution in [2.75, 3.05) is 19.6 Å². The molecule has 1 aliphatic heterocycles. The number of ether oxygens (including phenoxy) is 1. The van der Waals surface area contributed by atoms with Crippen LogP contribution >= 0.6 is 0 Å². The summed E-state index contributed by atoms with van der Waals surface area (Å²) in [5.41, 5.74) is 0.506. The van der Waals surface area contributed by atoms with Crippen LogP contribution in [-0.2, 0) is 11.3 Å². The molecule has 1 aromatic rings. The third kappa shape index (κ3) is 4.67. The molecule has 1 saturated heterocycles. The Morgan fingerprint density at radius 1 is 1.43 bits per heavy atom. The zero-order chi connectivity index (χ0) is 15.5. The SMILES string of the molecule is C[C@H]1CN(C(=O)OC(C)(C)C)CCN1Cc1cccnn1. The van der Waals surface area contributed by atoms with Crippen LogP contribution in [0, 0.1) is 0 Å². The van der Waals surface area contributed by atoms with E-state index in [0.29, 0.717) is 13.1 Å². The number of amides is 1. The second kappa shape index (κ2) is 6.39. The van der Waals surface area contributed by atoms with E-state index in [0.717, 1.165) is 18.8 Å². The van der Waals surface area contributed by atoms with Crippen LogP contribution in [0.4, 0.5) is 4.79 Å². The van der Waals surface area contributed by atoms with Gasteiger partial charge in [-0.3, -0.25) is 4.90 Å². The van der Waals surface area contributed by atoms with Gasteiger partial charge < -0.3 is 9.64 Å². The highest BCUT2D eigenvalue weighted by Crippen LogP contribution is 2.16. The average molecular weight is 292 g/mol. The second-order valence-electron chi connectivity index (χ2n) is 6.46. The van der Waals surface area contributed by atoms with E-state index in [2.05, 4.69) is 22.0 Å². The van der Waals surface area contributed by atoms with Gasteiger partial charge in [0, 0.05) is 38.4 Å². The number of piperazine rings is 1. The molecule has 0 aliphatic carbocycles. The minimum Gasteiger partial charge on any atom is -0.444 e. The van der Waals surface area contributed by atoms with Crippen molar-refractivity contribution < 1.29 is 9.53 Å². The summed E-state index contributed by atoms with van der Waals surface area (Å²) in [6.45, 7) is 10.7. The van der Waals surface area contributed by atoms with E-state index in [1.165, 1.54) is 0 Å². The van der Waals surface area contributed by atoms with Crippen LogP contribution in [0.3, 0.4) is 0 Å². The third-order valence-corrected chi connectivity index (χ3v) is 3.41. The minimum absolute atomic E-state index is 0.228. The molecule has 1 atom stereocenters.